The van der Waals surface area contributed by atoms with E-state index < -0.39 is 0 Å². The number of carbonyl (C=O) groups excluding carboxylic acids is 1. The number of carbonyl (C=O) groups is 1. The zero-order chi connectivity index (χ0) is 19.4. The standard InChI is InChI=1S/C18H18BrClN4OS2/c1-3-4-13-7-11(9-26-13)17-22-23-18(24(17)2)27-10-16(25)21-15-6-5-12(19)8-14(15)20/h5-9H,3-4,10H2,1-2H3,(H,21,25). The highest BCUT2D eigenvalue weighted by Gasteiger charge is 2.15. The van der Waals surface area contributed by atoms with E-state index in [1.807, 2.05) is 17.7 Å². The van der Waals surface area contributed by atoms with E-state index >= 15 is 0 Å². The molecule has 1 N–H and O–H groups in total. The van der Waals surface area contributed by atoms with Gasteiger partial charge in [0, 0.05) is 27.3 Å². The molecule has 3 aromatic rings. The summed E-state index contributed by atoms with van der Waals surface area (Å²) in [6.07, 6.45) is 2.19. The minimum absolute atomic E-state index is 0.144. The van der Waals surface area contributed by atoms with Crippen molar-refractivity contribution in [1.82, 2.24) is 14.8 Å². The van der Waals surface area contributed by atoms with Gasteiger partial charge >= 0.3 is 0 Å². The number of halogens is 2. The van der Waals surface area contributed by atoms with Gasteiger partial charge in [-0.2, -0.15) is 0 Å². The van der Waals surface area contributed by atoms with Crippen molar-refractivity contribution in [3.63, 3.8) is 0 Å². The van der Waals surface area contributed by atoms with Crippen molar-refractivity contribution in [2.45, 2.75) is 24.9 Å². The predicted molar refractivity (Wildman–Crippen MR) is 117 cm³/mol. The number of hydrogen-bond donors (Lipinski definition) is 1. The Morgan fingerprint density at radius 3 is 2.93 bits per heavy atom. The van der Waals surface area contributed by atoms with Crippen LogP contribution in [0.15, 0.2) is 39.3 Å². The molecule has 2 heterocycles. The van der Waals surface area contributed by atoms with Crippen LogP contribution in [0.3, 0.4) is 0 Å². The summed E-state index contributed by atoms with van der Waals surface area (Å²) < 4.78 is 2.78. The van der Waals surface area contributed by atoms with Crippen molar-refractivity contribution < 1.29 is 4.79 Å². The molecule has 0 aliphatic carbocycles. The molecule has 0 bridgehead atoms. The van der Waals surface area contributed by atoms with E-state index in [4.69, 9.17) is 11.6 Å². The molecule has 1 aromatic carbocycles. The first kappa shape index (κ1) is 20.4. The first-order valence-corrected chi connectivity index (χ1v) is 11.4. The number of aryl methyl sites for hydroxylation is 1. The van der Waals surface area contributed by atoms with Crippen LogP contribution >= 0.6 is 50.6 Å². The molecule has 3 rings (SSSR count). The van der Waals surface area contributed by atoms with Crippen LogP contribution in [0.25, 0.3) is 11.4 Å². The lowest BCUT2D eigenvalue weighted by molar-refractivity contribution is -0.113. The molecule has 2 aromatic heterocycles. The maximum absolute atomic E-state index is 12.2. The van der Waals surface area contributed by atoms with Crippen LogP contribution in [0.2, 0.25) is 5.02 Å². The molecule has 142 valence electrons. The minimum Gasteiger partial charge on any atom is -0.324 e. The fraction of sp³-hybridized carbons (Fsp3) is 0.278. The van der Waals surface area contributed by atoms with E-state index in [1.54, 1.807) is 23.5 Å². The third-order valence-electron chi connectivity index (χ3n) is 3.78. The van der Waals surface area contributed by atoms with Crippen LogP contribution in [0.4, 0.5) is 5.69 Å². The average Bonchev–Trinajstić information content (AvgIpc) is 3.22. The lowest BCUT2D eigenvalue weighted by atomic mass is 10.2. The summed E-state index contributed by atoms with van der Waals surface area (Å²) in [4.78, 5) is 13.6. The lowest BCUT2D eigenvalue weighted by Gasteiger charge is -2.07. The number of anilines is 1. The Labute approximate surface area is 179 Å². The fourth-order valence-electron chi connectivity index (χ4n) is 2.47. The topological polar surface area (TPSA) is 59.8 Å². The van der Waals surface area contributed by atoms with E-state index in [1.165, 1.54) is 16.6 Å². The highest BCUT2D eigenvalue weighted by molar-refractivity contribution is 9.10. The summed E-state index contributed by atoms with van der Waals surface area (Å²) in [7, 11) is 1.92. The molecule has 0 unspecified atom stereocenters. The van der Waals surface area contributed by atoms with E-state index in [0.717, 1.165) is 28.7 Å². The van der Waals surface area contributed by atoms with Crippen LogP contribution in [-0.2, 0) is 18.3 Å². The number of thiophene rings is 1. The van der Waals surface area contributed by atoms with Gasteiger partial charge in [-0.1, -0.05) is 52.6 Å². The molecule has 0 radical (unpaired) electrons. The minimum atomic E-state index is -0.144. The van der Waals surface area contributed by atoms with Crippen molar-refractivity contribution in [3.05, 3.63) is 44.0 Å². The Kier molecular flexibility index (Phi) is 6.97. The Morgan fingerprint density at radius 1 is 1.37 bits per heavy atom. The van der Waals surface area contributed by atoms with E-state index in [9.17, 15) is 4.79 Å². The van der Waals surface area contributed by atoms with E-state index in [0.29, 0.717) is 15.9 Å². The SMILES string of the molecule is CCCc1cc(-c2nnc(SCC(=O)Nc3ccc(Br)cc3Cl)n2C)cs1. The van der Waals surface area contributed by atoms with Crippen molar-refractivity contribution in [2.24, 2.45) is 7.05 Å². The number of amides is 1. The Bertz CT molecular complexity index is 957. The first-order chi connectivity index (χ1) is 13.0. The first-order valence-electron chi connectivity index (χ1n) is 8.32. The van der Waals surface area contributed by atoms with Gasteiger partial charge < -0.3 is 9.88 Å². The zero-order valence-corrected chi connectivity index (χ0v) is 18.8. The maximum Gasteiger partial charge on any atom is 0.234 e. The van der Waals surface area contributed by atoms with Gasteiger partial charge in [-0.25, -0.2) is 0 Å². The molecule has 1 amide bonds. The lowest BCUT2D eigenvalue weighted by Crippen LogP contribution is -2.14. The van der Waals surface area contributed by atoms with Crippen LogP contribution in [0.5, 0.6) is 0 Å². The quantitative estimate of drug-likeness (QED) is 0.440. The van der Waals surface area contributed by atoms with E-state index in [-0.39, 0.29) is 11.7 Å². The summed E-state index contributed by atoms with van der Waals surface area (Å²) in [5.74, 6) is 0.894. The Morgan fingerprint density at radius 2 is 2.19 bits per heavy atom. The number of thioether (sulfide) groups is 1. The predicted octanol–water partition coefficient (Wildman–Crippen LogP) is 5.64. The molecule has 0 aliphatic rings. The number of aromatic nitrogens is 3. The van der Waals surface area contributed by atoms with Crippen LogP contribution in [0, 0.1) is 0 Å². The molecule has 9 heteroatoms. The molecule has 27 heavy (non-hydrogen) atoms. The van der Waals surface area contributed by atoms with Gasteiger partial charge in [-0.15, -0.1) is 21.5 Å². The van der Waals surface area contributed by atoms with Gasteiger partial charge in [0.2, 0.25) is 5.91 Å². The second-order valence-corrected chi connectivity index (χ2v) is 9.14. The molecule has 0 atom stereocenters. The summed E-state index contributed by atoms with van der Waals surface area (Å²) in [6, 6.07) is 7.50. The number of nitrogens with one attached hydrogen (secondary N) is 1. The smallest absolute Gasteiger partial charge is 0.234 e. The normalized spacial score (nSPS) is 11.0. The summed E-state index contributed by atoms with van der Waals surface area (Å²) in [5, 5.41) is 14.6. The number of benzene rings is 1. The monoisotopic (exact) mass is 484 g/mol. The number of hydrogen-bond acceptors (Lipinski definition) is 5. The third-order valence-corrected chi connectivity index (χ3v) is 6.60. The fourth-order valence-corrected chi connectivity index (χ4v) is 4.88. The molecule has 0 spiro atoms. The summed E-state index contributed by atoms with van der Waals surface area (Å²) >= 11 is 12.6. The summed E-state index contributed by atoms with van der Waals surface area (Å²) in [6.45, 7) is 2.17. The number of nitrogens with zero attached hydrogens (tertiary/aromatic N) is 3. The molecule has 0 saturated carbocycles. The largest absolute Gasteiger partial charge is 0.324 e. The van der Waals surface area contributed by atoms with Crippen LogP contribution in [-0.4, -0.2) is 26.4 Å². The van der Waals surface area contributed by atoms with Gasteiger partial charge in [0.25, 0.3) is 0 Å². The second-order valence-electron chi connectivity index (χ2n) is 5.88. The van der Waals surface area contributed by atoms with Gasteiger partial charge in [0.15, 0.2) is 11.0 Å². The Hall–Kier alpha value is -1.35. The van der Waals surface area contributed by atoms with Crippen LogP contribution < -0.4 is 5.32 Å². The molecular weight excluding hydrogens is 468 g/mol. The summed E-state index contributed by atoms with van der Waals surface area (Å²) in [5.41, 5.74) is 1.65. The number of rotatable bonds is 7. The molecule has 5 nitrogen and oxygen atoms in total. The van der Waals surface area contributed by atoms with Gasteiger partial charge in [0.1, 0.15) is 0 Å². The molecule has 0 saturated heterocycles. The van der Waals surface area contributed by atoms with E-state index in [2.05, 4.69) is 49.8 Å². The van der Waals surface area contributed by atoms with Gasteiger partial charge in [0.05, 0.1) is 16.5 Å². The maximum atomic E-state index is 12.2. The second kappa shape index (κ2) is 9.23. The third kappa shape index (κ3) is 5.13. The molecule has 0 aliphatic heterocycles. The van der Waals surface area contributed by atoms with Gasteiger partial charge in [-0.05, 0) is 30.7 Å². The van der Waals surface area contributed by atoms with Crippen molar-refractivity contribution in [1.29, 1.82) is 0 Å². The van der Waals surface area contributed by atoms with Crippen molar-refractivity contribution in [2.75, 3.05) is 11.1 Å². The van der Waals surface area contributed by atoms with Crippen molar-refractivity contribution >= 4 is 62.2 Å². The zero-order valence-electron chi connectivity index (χ0n) is 14.8. The van der Waals surface area contributed by atoms with Crippen molar-refractivity contribution in [3.8, 4) is 11.4 Å². The highest BCUT2D eigenvalue weighted by atomic mass is 79.9. The van der Waals surface area contributed by atoms with Crippen LogP contribution in [0.1, 0.15) is 18.2 Å². The molecular formula is C18H18BrClN4OS2. The average molecular weight is 486 g/mol. The Balaban J connectivity index is 1.62. The molecule has 0 fully saturated rings. The van der Waals surface area contributed by atoms with Gasteiger partial charge in [-0.3, -0.25) is 4.79 Å². The highest BCUT2D eigenvalue weighted by Crippen LogP contribution is 2.28.